The molecule has 4 rings (SSSR count). The Hall–Kier alpha value is -1.99. The van der Waals surface area contributed by atoms with E-state index < -0.39 is 11.6 Å². The Kier molecular flexibility index (Phi) is 8.51. The Morgan fingerprint density at radius 3 is 2.48 bits per heavy atom. The number of halogens is 1. The molecule has 7 nitrogen and oxygen atoms in total. The van der Waals surface area contributed by atoms with Gasteiger partial charge in [-0.3, -0.25) is 14.5 Å². The Labute approximate surface area is 203 Å². The average Bonchev–Trinajstić information content (AvgIpc) is 2.82. The zero-order valence-corrected chi connectivity index (χ0v) is 20.9. The average molecular weight is 480 g/mol. The largest absolute Gasteiger partial charge is 0.486 e. The van der Waals surface area contributed by atoms with Crippen molar-refractivity contribution >= 4 is 24.2 Å². The number of hydrogen-bond donors (Lipinski definition) is 1. The van der Waals surface area contributed by atoms with E-state index in [9.17, 15) is 9.59 Å². The van der Waals surface area contributed by atoms with Gasteiger partial charge in [-0.1, -0.05) is 39.7 Å². The van der Waals surface area contributed by atoms with Crippen LogP contribution < -0.4 is 14.8 Å². The third-order valence-electron chi connectivity index (χ3n) is 7.40. The smallest absolute Gasteiger partial charge is 0.246 e. The number of unbranched alkanes of at least 4 members (excludes halogenated alkanes) is 1. The molecule has 8 heteroatoms. The highest BCUT2D eigenvalue weighted by Gasteiger charge is 2.53. The molecule has 3 aliphatic heterocycles. The van der Waals surface area contributed by atoms with Crippen LogP contribution in [-0.2, 0) is 16.1 Å². The lowest BCUT2D eigenvalue weighted by Crippen LogP contribution is -2.73. The number of likely N-dealkylation sites (tertiary alicyclic amines) is 1. The lowest BCUT2D eigenvalue weighted by Gasteiger charge is -2.52. The lowest BCUT2D eigenvalue weighted by molar-refractivity contribution is -0.162. The summed E-state index contributed by atoms with van der Waals surface area (Å²) in [7, 11) is 0. The topological polar surface area (TPSA) is 71.1 Å². The number of piperazine rings is 1. The molecule has 0 aliphatic carbocycles. The minimum atomic E-state index is -0.709. The molecule has 2 fully saturated rings. The van der Waals surface area contributed by atoms with Crippen molar-refractivity contribution in [1.29, 1.82) is 0 Å². The van der Waals surface area contributed by atoms with Crippen molar-refractivity contribution in [3.8, 4) is 11.5 Å². The van der Waals surface area contributed by atoms with Crippen molar-refractivity contribution in [2.24, 2.45) is 5.92 Å². The van der Waals surface area contributed by atoms with Crippen molar-refractivity contribution in [2.75, 3.05) is 32.8 Å². The number of piperidine rings is 1. The second-order valence-electron chi connectivity index (χ2n) is 9.47. The predicted octanol–water partition coefficient (Wildman–Crippen LogP) is 3.39. The summed E-state index contributed by atoms with van der Waals surface area (Å²) < 4.78 is 11.3. The molecule has 2 atom stereocenters. The highest BCUT2D eigenvalue weighted by molar-refractivity contribution is 6.00. The van der Waals surface area contributed by atoms with Gasteiger partial charge in [0.15, 0.2) is 11.5 Å². The third-order valence-corrected chi connectivity index (χ3v) is 7.40. The minimum Gasteiger partial charge on any atom is -0.486 e. The van der Waals surface area contributed by atoms with E-state index in [2.05, 4.69) is 43.1 Å². The molecular formula is C25H38ClN3O4. The van der Waals surface area contributed by atoms with Crippen LogP contribution in [-0.4, -0.2) is 66.0 Å². The van der Waals surface area contributed by atoms with E-state index in [1.807, 2.05) is 11.0 Å². The fraction of sp³-hybridized carbons (Fsp3) is 0.680. The normalized spacial score (nSPS) is 23.1. The molecule has 1 N–H and O–H groups in total. The molecule has 0 aromatic heterocycles. The zero-order chi connectivity index (χ0) is 22.7. The van der Waals surface area contributed by atoms with Crippen molar-refractivity contribution in [2.45, 2.75) is 71.0 Å². The number of rotatable bonds is 7. The van der Waals surface area contributed by atoms with Gasteiger partial charge in [-0.05, 0) is 42.9 Å². The Morgan fingerprint density at radius 2 is 1.82 bits per heavy atom. The van der Waals surface area contributed by atoms with E-state index >= 15 is 0 Å². The molecule has 1 spiro atoms. The zero-order valence-electron chi connectivity index (χ0n) is 20.1. The monoisotopic (exact) mass is 479 g/mol. The fourth-order valence-electron chi connectivity index (χ4n) is 5.12. The second-order valence-corrected chi connectivity index (χ2v) is 9.47. The Balaban J connectivity index is 0.00000306. The van der Waals surface area contributed by atoms with E-state index in [0.717, 1.165) is 50.4 Å². The van der Waals surface area contributed by atoms with Gasteiger partial charge < -0.3 is 19.7 Å². The number of nitrogens with one attached hydrogen (secondary N) is 1. The van der Waals surface area contributed by atoms with Crippen molar-refractivity contribution < 1.29 is 19.1 Å². The van der Waals surface area contributed by atoms with Crippen LogP contribution in [0.2, 0.25) is 0 Å². The number of ether oxygens (including phenoxy) is 2. The molecule has 3 heterocycles. The first-order valence-corrected chi connectivity index (χ1v) is 12.2. The van der Waals surface area contributed by atoms with Crippen LogP contribution in [0.4, 0.5) is 0 Å². The number of benzene rings is 1. The Bertz CT molecular complexity index is 841. The SMILES string of the molecule is CCCCN1C(=O)[C@@H]([C@H](C)CC)NC(=O)C12CCN(Cc1ccc3c(c1)OCCO3)CC2.Cl. The minimum absolute atomic E-state index is 0. The maximum absolute atomic E-state index is 13.4. The molecule has 0 bridgehead atoms. The van der Waals surface area contributed by atoms with Crippen LogP contribution in [0.5, 0.6) is 11.5 Å². The highest BCUT2D eigenvalue weighted by Crippen LogP contribution is 2.36. The molecular weight excluding hydrogens is 442 g/mol. The highest BCUT2D eigenvalue weighted by atomic mass is 35.5. The molecule has 0 saturated carbocycles. The molecule has 184 valence electrons. The van der Waals surface area contributed by atoms with E-state index in [1.54, 1.807) is 0 Å². The maximum Gasteiger partial charge on any atom is 0.246 e. The first-order valence-electron chi connectivity index (χ1n) is 12.2. The van der Waals surface area contributed by atoms with Crippen molar-refractivity contribution in [3.63, 3.8) is 0 Å². The summed E-state index contributed by atoms with van der Waals surface area (Å²) in [5.74, 6) is 1.90. The molecule has 0 unspecified atom stereocenters. The van der Waals surface area contributed by atoms with Gasteiger partial charge in [0, 0.05) is 26.2 Å². The summed E-state index contributed by atoms with van der Waals surface area (Å²) in [6.45, 7) is 10.5. The Morgan fingerprint density at radius 1 is 1.12 bits per heavy atom. The van der Waals surface area contributed by atoms with Gasteiger partial charge in [0.25, 0.3) is 0 Å². The van der Waals surface area contributed by atoms with Gasteiger partial charge in [-0.2, -0.15) is 0 Å². The number of hydrogen-bond acceptors (Lipinski definition) is 5. The van der Waals surface area contributed by atoms with E-state index in [4.69, 9.17) is 9.47 Å². The summed E-state index contributed by atoms with van der Waals surface area (Å²) in [6.07, 6.45) is 4.15. The van der Waals surface area contributed by atoms with Crippen LogP contribution in [0.1, 0.15) is 58.4 Å². The quantitative estimate of drug-likeness (QED) is 0.649. The molecule has 3 aliphatic rings. The van der Waals surface area contributed by atoms with Gasteiger partial charge >= 0.3 is 0 Å². The molecule has 2 amide bonds. The van der Waals surface area contributed by atoms with E-state index in [0.29, 0.717) is 32.6 Å². The first kappa shape index (κ1) is 25.6. The van der Waals surface area contributed by atoms with Crippen LogP contribution in [0, 0.1) is 5.92 Å². The third kappa shape index (κ3) is 5.09. The van der Waals surface area contributed by atoms with Crippen molar-refractivity contribution in [1.82, 2.24) is 15.1 Å². The second kappa shape index (κ2) is 11.0. The maximum atomic E-state index is 13.4. The van der Waals surface area contributed by atoms with Crippen LogP contribution >= 0.6 is 12.4 Å². The summed E-state index contributed by atoms with van der Waals surface area (Å²) in [5, 5.41) is 3.10. The predicted molar refractivity (Wildman–Crippen MR) is 130 cm³/mol. The summed E-state index contributed by atoms with van der Waals surface area (Å²) in [4.78, 5) is 31.1. The number of nitrogens with zero attached hydrogens (tertiary/aromatic N) is 2. The fourth-order valence-corrected chi connectivity index (χ4v) is 5.12. The van der Waals surface area contributed by atoms with Crippen molar-refractivity contribution in [3.05, 3.63) is 23.8 Å². The van der Waals surface area contributed by atoms with Gasteiger partial charge in [-0.25, -0.2) is 0 Å². The molecule has 1 aromatic rings. The summed E-state index contributed by atoms with van der Waals surface area (Å²) in [5.41, 5.74) is 0.466. The standard InChI is InChI=1S/C25H37N3O4.ClH/c1-4-6-11-28-23(29)22(18(3)5-2)26-24(30)25(28)9-12-27(13-10-25)17-19-7-8-20-21(16-19)32-15-14-31-20;/h7-8,16,18,22H,4-6,9-15,17H2,1-3H3,(H,26,30);1H/t18-,22-;/m1./s1. The van der Waals surface area contributed by atoms with Gasteiger partial charge in [0.1, 0.15) is 24.8 Å². The van der Waals surface area contributed by atoms with Crippen LogP contribution in [0.25, 0.3) is 0 Å². The number of fused-ring (bicyclic) bond motifs is 1. The van der Waals surface area contributed by atoms with E-state index in [-0.39, 0.29) is 30.1 Å². The molecule has 1 aromatic carbocycles. The molecule has 2 saturated heterocycles. The van der Waals surface area contributed by atoms with E-state index in [1.165, 1.54) is 5.56 Å². The number of amides is 2. The summed E-state index contributed by atoms with van der Waals surface area (Å²) in [6, 6.07) is 5.72. The number of carbonyl (C=O) groups excluding carboxylic acids is 2. The van der Waals surface area contributed by atoms with Gasteiger partial charge in [-0.15, -0.1) is 12.4 Å². The van der Waals surface area contributed by atoms with Gasteiger partial charge in [0.05, 0.1) is 0 Å². The number of carbonyl (C=O) groups is 2. The van der Waals surface area contributed by atoms with Crippen LogP contribution in [0.15, 0.2) is 18.2 Å². The first-order chi connectivity index (χ1) is 15.5. The lowest BCUT2D eigenvalue weighted by atomic mass is 9.80. The molecule has 33 heavy (non-hydrogen) atoms. The molecule has 0 radical (unpaired) electrons. The summed E-state index contributed by atoms with van der Waals surface area (Å²) >= 11 is 0. The van der Waals surface area contributed by atoms with Gasteiger partial charge in [0.2, 0.25) is 11.8 Å². The van der Waals surface area contributed by atoms with Crippen LogP contribution in [0.3, 0.4) is 0 Å².